The molecule has 0 atom stereocenters. The van der Waals surface area contributed by atoms with Crippen LogP contribution in [0.5, 0.6) is 5.75 Å². The Labute approximate surface area is 141 Å². The lowest BCUT2D eigenvalue weighted by Crippen LogP contribution is -2.12. The molecule has 4 nitrogen and oxygen atoms in total. The third-order valence-electron chi connectivity index (χ3n) is 2.88. The Morgan fingerprint density at radius 3 is 2.25 bits per heavy atom. The molecule has 5 heteroatoms. The number of benzene rings is 2. The van der Waals surface area contributed by atoms with Crippen molar-refractivity contribution in [2.45, 2.75) is 33.8 Å². The molecule has 2 N–H and O–H groups in total. The van der Waals surface area contributed by atoms with Crippen molar-refractivity contribution < 1.29 is 13.9 Å². The molecule has 0 aliphatic carbocycles. The summed E-state index contributed by atoms with van der Waals surface area (Å²) in [4.78, 5) is 11.0. The molecule has 0 radical (unpaired) electrons. The summed E-state index contributed by atoms with van der Waals surface area (Å²) in [6.45, 7) is 7.53. The highest BCUT2D eigenvalue weighted by atomic mass is 19.1. The Balaban J connectivity index is 0.000000254. The number of primary amides is 1. The van der Waals surface area contributed by atoms with Gasteiger partial charge in [0.05, 0.1) is 17.7 Å². The van der Waals surface area contributed by atoms with Gasteiger partial charge in [-0.05, 0) is 75.2 Å². The molecule has 126 valence electrons. The predicted octanol–water partition coefficient (Wildman–Crippen LogP) is 3.89. The summed E-state index contributed by atoms with van der Waals surface area (Å²) >= 11 is 0. The van der Waals surface area contributed by atoms with Crippen LogP contribution in [0.1, 0.15) is 40.9 Å². The monoisotopic (exact) mass is 328 g/mol. The smallest absolute Gasteiger partial charge is 0.248 e. The van der Waals surface area contributed by atoms with Crippen LogP contribution in [0.15, 0.2) is 36.4 Å². The first-order valence-electron chi connectivity index (χ1n) is 7.46. The molecule has 0 heterocycles. The molecule has 0 unspecified atom stereocenters. The first kappa shape index (κ1) is 19.2. The average Bonchev–Trinajstić information content (AvgIpc) is 2.45. The number of nitrogens with zero attached hydrogens (tertiary/aromatic N) is 1. The third-order valence-corrected chi connectivity index (χ3v) is 2.88. The largest absolute Gasteiger partial charge is 0.491 e. The van der Waals surface area contributed by atoms with Crippen LogP contribution < -0.4 is 10.5 Å². The quantitative estimate of drug-likeness (QED) is 0.928. The Hall–Kier alpha value is -2.87. The summed E-state index contributed by atoms with van der Waals surface area (Å²) < 4.78 is 17.9. The van der Waals surface area contributed by atoms with E-state index in [0.29, 0.717) is 16.9 Å². The number of aryl methyl sites for hydroxylation is 2. The molecule has 0 fully saturated rings. The van der Waals surface area contributed by atoms with E-state index in [1.54, 1.807) is 25.1 Å². The van der Waals surface area contributed by atoms with Gasteiger partial charge in [-0.1, -0.05) is 0 Å². The Bertz CT molecular complexity index is 744. The van der Waals surface area contributed by atoms with Crippen LogP contribution in [0.25, 0.3) is 0 Å². The van der Waals surface area contributed by atoms with Gasteiger partial charge in [-0.25, -0.2) is 4.39 Å². The second kappa shape index (κ2) is 8.68. The van der Waals surface area contributed by atoms with Gasteiger partial charge < -0.3 is 10.5 Å². The fourth-order valence-corrected chi connectivity index (χ4v) is 2.03. The van der Waals surface area contributed by atoms with Gasteiger partial charge in [-0.2, -0.15) is 5.26 Å². The fraction of sp³-hybridized carbons (Fsp3) is 0.263. The van der Waals surface area contributed by atoms with Crippen LogP contribution in [-0.4, -0.2) is 12.0 Å². The van der Waals surface area contributed by atoms with Gasteiger partial charge in [0.2, 0.25) is 5.91 Å². The summed E-state index contributed by atoms with van der Waals surface area (Å²) in [6, 6.07) is 11.4. The Morgan fingerprint density at radius 2 is 1.75 bits per heavy atom. The van der Waals surface area contributed by atoms with E-state index in [9.17, 15) is 9.18 Å². The van der Waals surface area contributed by atoms with Crippen LogP contribution in [0.2, 0.25) is 0 Å². The number of carbonyl (C=O) groups excluding carboxylic acids is 1. The van der Waals surface area contributed by atoms with E-state index in [-0.39, 0.29) is 11.9 Å². The molecule has 0 bridgehead atoms. The second-order valence-corrected chi connectivity index (χ2v) is 5.69. The van der Waals surface area contributed by atoms with Crippen LogP contribution in [0, 0.1) is 31.0 Å². The van der Waals surface area contributed by atoms with E-state index in [4.69, 9.17) is 15.7 Å². The maximum Gasteiger partial charge on any atom is 0.248 e. The predicted molar refractivity (Wildman–Crippen MR) is 91.3 cm³/mol. The number of halogens is 1. The molecule has 24 heavy (non-hydrogen) atoms. The van der Waals surface area contributed by atoms with Gasteiger partial charge in [0, 0.05) is 5.56 Å². The van der Waals surface area contributed by atoms with Crippen molar-refractivity contribution in [3.63, 3.8) is 0 Å². The van der Waals surface area contributed by atoms with Gasteiger partial charge >= 0.3 is 0 Å². The van der Waals surface area contributed by atoms with Gasteiger partial charge in [0.25, 0.3) is 0 Å². The molecule has 0 aromatic heterocycles. The SMILES string of the molecule is Cc1cc(F)cc(C#N)c1.Cc1cc(OC(C)C)cc(C(N)=O)c1. The fourth-order valence-electron chi connectivity index (χ4n) is 2.03. The second-order valence-electron chi connectivity index (χ2n) is 5.69. The van der Waals surface area contributed by atoms with Crippen LogP contribution in [-0.2, 0) is 0 Å². The molecule has 2 aromatic rings. The summed E-state index contributed by atoms with van der Waals surface area (Å²) in [5, 5.41) is 8.37. The summed E-state index contributed by atoms with van der Waals surface area (Å²) in [7, 11) is 0. The molecule has 0 aliphatic rings. The first-order valence-corrected chi connectivity index (χ1v) is 7.46. The van der Waals surface area contributed by atoms with E-state index in [2.05, 4.69) is 0 Å². The Morgan fingerprint density at radius 1 is 1.12 bits per heavy atom. The van der Waals surface area contributed by atoms with Crippen LogP contribution in [0.3, 0.4) is 0 Å². The molecule has 0 saturated carbocycles. The Kier molecular flexibility index (Phi) is 6.94. The minimum absolute atomic E-state index is 0.0949. The third kappa shape index (κ3) is 6.49. The van der Waals surface area contributed by atoms with Crippen LogP contribution in [0.4, 0.5) is 4.39 Å². The number of nitrogens with two attached hydrogens (primary N) is 1. The van der Waals surface area contributed by atoms with E-state index in [0.717, 1.165) is 11.1 Å². The molecule has 1 amide bonds. The van der Waals surface area contributed by atoms with Gasteiger partial charge in [-0.3, -0.25) is 4.79 Å². The van der Waals surface area contributed by atoms with Crippen molar-refractivity contribution in [2.24, 2.45) is 5.73 Å². The zero-order chi connectivity index (χ0) is 18.3. The number of amides is 1. The van der Waals surface area contributed by atoms with E-state index in [1.165, 1.54) is 12.1 Å². The van der Waals surface area contributed by atoms with Crippen molar-refractivity contribution in [1.82, 2.24) is 0 Å². The van der Waals surface area contributed by atoms with E-state index < -0.39 is 5.91 Å². The van der Waals surface area contributed by atoms with E-state index >= 15 is 0 Å². The molecule has 2 aromatic carbocycles. The lowest BCUT2D eigenvalue weighted by Gasteiger charge is -2.11. The van der Waals surface area contributed by atoms with Crippen molar-refractivity contribution in [2.75, 3.05) is 0 Å². The molecular weight excluding hydrogens is 307 g/mol. The van der Waals surface area contributed by atoms with Crippen molar-refractivity contribution in [3.8, 4) is 11.8 Å². The summed E-state index contributed by atoms with van der Waals surface area (Å²) in [5.74, 6) is -0.0901. The highest BCUT2D eigenvalue weighted by Gasteiger charge is 2.05. The number of hydrogen-bond acceptors (Lipinski definition) is 3. The molecule has 0 spiro atoms. The molecule has 0 aliphatic heterocycles. The standard InChI is InChI=1S/C11H15NO2.C8H6FN/c1-7(2)14-10-5-8(3)4-9(6-10)11(12)13;1-6-2-7(5-10)4-8(9)3-6/h4-7H,1-3H3,(H2,12,13);2-4H,1H3. The maximum absolute atomic E-state index is 12.5. The number of ether oxygens (including phenoxy) is 1. The lowest BCUT2D eigenvalue weighted by molar-refractivity contribution is 0.0999. The van der Waals surface area contributed by atoms with Crippen molar-refractivity contribution >= 4 is 5.91 Å². The van der Waals surface area contributed by atoms with Gasteiger partial charge in [-0.15, -0.1) is 0 Å². The molecular formula is C19H21FN2O2. The minimum Gasteiger partial charge on any atom is -0.491 e. The van der Waals surface area contributed by atoms with E-state index in [1.807, 2.05) is 32.9 Å². The highest BCUT2D eigenvalue weighted by molar-refractivity contribution is 5.93. The average molecular weight is 328 g/mol. The number of carbonyl (C=O) groups is 1. The van der Waals surface area contributed by atoms with Crippen LogP contribution >= 0.6 is 0 Å². The van der Waals surface area contributed by atoms with Crippen molar-refractivity contribution in [1.29, 1.82) is 5.26 Å². The lowest BCUT2D eigenvalue weighted by atomic mass is 10.1. The highest BCUT2D eigenvalue weighted by Crippen LogP contribution is 2.17. The number of nitriles is 1. The zero-order valence-corrected chi connectivity index (χ0v) is 14.3. The first-order chi connectivity index (χ1) is 11.2. The van der Waals surface area contributed by atoms with Gasteiger partial charge in [0.15, 0.2) is 0 Å². The molecule has 0 saturated heterocycles. The summed E-state index contributed by atoms with van der Waals surface area (Å²) in [5.41, 5.74) is 7.79. The zero-order valence-electron chi connectivity index (χ0n) is 14.3. The number of hydrogen-bond donors (Lipinski definition) is 1. The van der Waals surface area contributed by atoms with Crippen molar-refractivity contribution in [3.05, 3.63) is 64.5 Å². The maximum atomic E-state index is 12.5. The minimum atomic E-state index is -0.428. The van der Waals surface area contributed by atoms with Gasteiger partial charge in [0.1, 0.15) is 11.6 Å². The topological polar surface area (TPSA) is 76.1 Å². The normalized spacial score (nSPS) is 9.71. The molecule has 2 rings (SSSR count). The number of rotatable bonds is 3. The summed E-state index contributed by atoms with van der Waals surface area (Å²) in [6.07, 6.45) is 0.0949.